The van der Waals surface area contributed by atoms with Gasteiger partial charge in [-0.05, 0) is 55.0 Å². The van der Waals surface area contributed by atoms with E-state index in [9.17, 15) is 19.6 Å². The fourth-order valence-corrected chi connectivity index (χ4v) is 6.24. The largest absolute Gasteiger partial charge is 0.464 e. The van der Waals surface area contributed by atoms with Gasteiger partial charge in [0.05, 0.1) is 18.9 Å². The molecule has 3 heterocycles. The van der Waals surface area contributed by atoms with Gasteiger partial charge < -0.3 is 29.9 Å². The maximum Gasteiger partial charge on any atom is 0.459 e. The Morgan fingerprint density at radius 2 is 1.86 bits per heavy atom. The zero-order valence-electron chi connectivity index (χ0n) is 25.6. The Balaban J connectivity index is 1.55. The summed E-state index contributed by atoms with van der Waals surface area (Å²) in [6, 6.07) is 9.31. The van der Waals surface area contributed by atoms with E-state index in [1.165, 1.54) is 17.8 Å². The van der Waals surface area contributed by atoms with Gasteiger partial charge in [0.1, 0.15) is 47.5 Å². The summed E-state index contributed by atoms with van der Waals surface area (Å²) in [6.45, 7) is 12.8. The number of nitrogen functional groups attached to an aromatic ring is 1. The molecule has 6 atom stereocenters. The second-order valence-electron chi connectivity index (χ2n) is 12.4. The first kappa shape index (κ1) is 32.8. The smallest absolute Gasteiger partial charge is 0.459 e. The number of rotatable bonds is 11. The molecule has 2 aromatic heterocycles. The van der Waals surface area contributed by atoms with Crippen molar-refractivity contribution in [2.75, 3.05) is 18.9 Å². The van der Waals surface area contributed by atoms with Crippen molar-refractivity contribution in [1.29, 1.82) is 0 Å². The van der Waals surface area contributed by atoms with E-state index in [-0.39, 0.29) is 29.5 Å². The summed E-state index contributed by atoms with van der Waals surface area (Å²) in [5, 5.41) is 28.9. The average Bonchev–Trinajstić information content (AvgIpc) is 3.47. The van der Waals surface area contributed by atoms with Crippen molar-refractivity contribution < 1.29 is 38.1 Å². The highest BCUT2D eigenvalue weighted by molar-refractivity contribution is 7.52. The highest BCUT2D eigenvalue weighted by atomic mass is 31.2. The first-order chi connectivity index (χ1) is 20.0. The van der Waals surface area contributed by atoms with E-state index in [0.29, 0.717) is 11.2 Å². The second kappa shape index (κ2) is 12.5. The van der Waals surface area contributed by atoms with Gasteiger partial charge in [-0.1, -0.05) is 46.8 Å². The molecule has 0 radical (unpaired) electrons. The highest BCUT2D eigenvalue weighted by Crippen LogP contribution is 2.47. The number of nitrogens with zero attached hydrogens (tertiary/aromatic N) is 3. The molecule has 0 amide bonds. The molecular formula is C29H42N5O8P. The third-order valence-corrected chi connectivity index (χ3v) is 8.92. The highest BCUT2D eigenvalue weighted by Gasteiger charge is 2.54. The van der Waals surface area contributed by atoms with Crippen LogP contribution in [0.1, 0.15) is 59.7 Å². The Hall–Kier alpha value is -3.06. The fraction of sp³-hybridized carbons (Fsp3) is 0.552. The Morgan fingerprint density at radius 1 is 1.19 bits per heavy atom. The Labute approximate surface area is 251 Å². The number of aliphatic hydroxyl groups excluding tert-OH is 2. The molecule has 1 unspecified atom stereocenters. The molecule has 13 nitrogen and oxygen atoms in total. The number of hydrogen-bond donors (Lipinski definition) is 4. The number of nitrogens with two attached hydrogens (primary N) is 1. The van der Waals surface area contributed by atoms with Crippen molar-refractivity contribution in [2.45, 2.75) is 83.8 Å². The van der Waals surface area contributed by atoms with E-state index >= 15 is 0 Å². The molecule has 0 aliphatic carbocycles. The number of hydrogen-bond acceptors (Lipinski definition) is 11. The van der Waals surface area contributed by atoms with Crippen LogP contribution in [0.5, 0.6) is 5.75 Å². The Bertz CT molecular complexity index is 1470. The summed E-state index contributed by atoms with van der Waals surface area (Å²) in [5.74, 6) is -0.0513. The number of anilines is 1. The van der Waals surface area contributed by atoms with Gasteiger partial charge in [-0.15, -0.1) is 0 Å². The van der Waals surface area contributed by atoms with Crippen LogP contribution < -0.4 is 15.3 Å². The van der Waals surface area contributed by atoms with Crippen LogP contribution in [0.3, 0.4) is 0 Å². The fourth-order valence-electron chi connectivity index (χ4n) is 4.74. The molecule has 3 aromatic rings. The number of ether oxygens (including phenoxy) is 2. The van der Waals surface area contributed by atoms with E-state index < -0.39 is 50.3 Å². The standard InChI is InChI=1S/C29H42N5O8P/c1-17(2)14-39-27(37)18(3)33-43(38,42-20-10-8-19(9-11-20)28(4,5)6)40-15-22-24(35)25(36)29(7,41-22)23-13-12-21-26(30)31-16-32-34(21)23/h8-13,16-18,22,24-25,35-36H,14-15H2,1-7H3,(H,33,38)(H2,30,31,32)/t18-,22+,24+,25+,29-,43?/m0/s1. The monoisotopic (exact) mass is 619 g/mol. The minimum absolute atomic E-state index is 0.110. The van der Waals surface area contributed by atoms with Crippen LogP contribution in [0.2, 0.25) is 0 Å². The number of aromatic nitrogens is 3. The lowest BCUT2D eigenvalue weighted by Gasteiger charge is -2.27. The van der Waals surface area contributed by atoms with Gasteiger partial charge in [-0.2, -0.15) is 10.2 Å². The molecule has 1 saturated heterocycles. The van der Waals surface area contributed by atoms with E-state index in [2.05, 4.69) is 35.9 Å². The molecule has 43 heavy (non-hydrogen) atoms. The summed E-state index contributed by atoms with van der Waals surface area (Å²) >= 11 is 0. The van der Waals surface area contributed by atoms with Crippen LogP contribution in [0.15, 0.2) is 42.7 Å². The van der Waals surface area contributed by atoms with Crippen molar-refractivity contribution in [1.82, 2.24) is 19.7 Å². The van der Waals surface area contributed by atoms with Crippen molar-refractivity contribution in [3.8, 4) is 5.75 Å². The zero-order chi connectivity index (χ0) is 31.7. The minimum atomic E-state index is -4.27. The molecule has 5 N–H and O–H groups in total. The Kier molecular flexibility index (Phi) is 9.55. The molecule has 0 saturated carbocycles. The molecule has 0 spiro atoms. The topological polar surface area (TPSA) is 180 Å². The van der Waals surface area contributed by atoms with Gasteiger partial charge in [-0.25, -0.2) is 14.1 Å². The number of carbonyl (C=O) groups is 1. The third kappa shape index (κ3) is 7.19. The summed E-state index contributed by atoms with van der Waals surface area (Å²) in [5.41, 5.74) is 6.36. The van der Waals surface area contributed by atoms with Crippen molar-refractivity contribution in [3.05, 3.63) is 54.0 Å². The molecule has 0 bridgehead atoms. The van der Waals surface area contributed by atoms with E-state index in [0.717, 1.165) is 5.56 Å². The summed E-state index contributed by atoms with van der Waals surface area (Å²) in [6.07, 6.45) is -2.69. The third-order valence-electron chi connectivity index (χ3n) is 7.27. The predicted octanol–water partition coefficient (Wildman–Crippen LogP) is 3.33. The van der Waals surface area contributed by atoms with Crippen LogP contribution in [-0.2, 0) is 34.4 Å². The predicted molar refractivity (Wildman–Crippen MR) is 159 cm³/mol. The van der Waals surface area contributed by atoms with Crippen molar-refractivity contribution in [3.63, 3.8) is 0 Å². The molecule has 1 aromatic carbocycles. The summed E-state index contributed by atoms with van der Waals surface area (Å²) < 4.78 is 38.5. The molecule has 14 heteroatoms. The zero-order valence-corrected chi connectivity index (χ0v) is 26.4. The number of benzene rings is 1. The molecule has 1 fully saturated rings. The van der Waals surface area contributed by atoms with Gasteiger partial charge >= 0.3 is 13.7 Å². The quantitative estimate of drug-likeness (QED) is 0.182. The molecule has 236 valence electrons. The van der Waals surface area contributed by atoms with Crippen LogP contribution in [0.4, 0.5) is 5.82 Å². The number of aliphatic hydroxyl groups is 2. The normalized spacial score (nSPS) is 24.7. The van der Waals surface area contributed by atoms with E-state index in [4.69, 9.17) is 24.3 Å². The van der Waals surface area contributed by atoms with Gasteiger partial charge in [0.25, 0.3) is 0 Å². The van der Waals surface area contributed by atoms with Gasteiger partial charge in [0.2, 0.25) is 0 Å². The average molecular weight is 620 g/mol. The lowest BCUT2D eigenvalue weighted by Crippen LogP contribution is -2.40. The van der Waals surface area contributed by atoms with Crippen LogP contribution in [0.25, 0.3) is 5.52 Å². The van der Waals surface area contributed by atoms with Gasteiger partial charge in [0.15, 0.2) is 5.82 Å². The van der Waals surface area contributed by atoms with Crippen LogP contribution >= 0.6 is 7.75 Å². The van der Waals surface area contributed by atoms with Crippen molar-refractivity contribution in [2.24, 2.45) is 5.92 Å². The molecule has 1 aliphatic heterocycles. The maximum absolute atomic E-state index is 14.1. The molecule has 4 rings (SSSR count). The number of fused-ring (bicyclic) bond motifs is 1. The number of esters is 1. The second-order valence-corrected chi connectivity index (χ2v) is 14.1. The SMILES string of the molecule is CC(C)COC(=O)[C@H](C)NP(=O)(OC[C@H]1O[C@@](C)(c2ccc3c(N)ncnn23)[C@H](O)[C@@H]1O)Oc1ccc(C(C)(C)C)cc1. The minimum Gasteiger partial charge on any atom is -0.464 e. The first-order valence-corrected chi connectivity index (χ1v) is 15.7. The van der Waals surface area contributed by atoms with E-state index in [1.807, 2.05) is 26.0 Å². The van der Waals surface area contributed by atoms with Crippen LogP contribution in [-0.4, -0.2) is 68.3 Å². The van der Waals surface area contributed by atoms with Gasteiger partial charge in [0, 0.05) is 0 Å². The summed E-state index contributed by atoms with van der Waals surface area (Å²) in [4.78, 5) is 16.6. The lowest BCUT2D eigenvalue weighted by atomic mass is 9.87. The van der Waals surface area contributed by atoms with Crippen LogP contribution in [0, 0.1) is 5.92 Å². The summed E-state index contributed by atoms with van der Waals surface area (Å²) in [7, 11) is -4.27. The van der Waals surface area contributed by atoms with Gasteiger partial charge in [-0.3, -0.25) is 9.32 Å². The lowest BCUT2D eigenvalue weighted by molar-refractivity contribution is -0.146. The van der Waals surface area contributed by atoms with E-state index in [1.54, 1.807) is 31.2 Å². The maximum atomic E-state index is 14.1. The number of nitrogens with one attached hydrogen (secondary N) is 1. The van der Waals surface area contributed by atoms with Crippen molar-refractivity contribution >= 4 is 25.1 Å². The Morgan fingerprint density at radius 3 is 2.49 bits per heavy atom. The number of carbonyl (C=O) groups excluding carboxylic acids is 1. The first-order valence-electron chi connectivity index (χ1n) is 14.2. The molecule has 1 aliphatic rings. The molecular weight excluding hydrogens is 577 g/mol.